The van der Waals surface area contributed by atoms with Gasteiger partial charge in [0.1, 0.15) is 5.56 Å². The van der Waals surface area contributed by atoms with Gasteiger partial charge in [0, 0.05) is 38.4 Å². The summed E-state index contributed by atoms with van der Waals surface area (Å²) in [5.41, 5.74) is -0.552. The molecule has 0 radical (unpaired) electrons. The van der Waals surface area contributed by atoms with Crippen LogP contribution in [0.2, 0.25) is 0 Å². The van der Waals surface area contributed by atoms with E-state index in [2.05, 4.69) is 4.98 Å². The molecule has 1 aliphatic rings. The summed E-state index contributed by atoms with van der Waals surface area (Å²) in [4.78, 5) is 28.4. The largest absolute Gasteiger partial charge is 0.396 e. The zero-order valence-electron chi connectivity index (χ0n) is 12.3. The van der Waals surface area contributed by atoms with Gasteiger partial charge in [0.15, 0.2) is 0 Å². The maximum atomic E-state index is 12.5. The first-order valence-electron chi connectivity index (χ1n) is 7.19. The van der Waals surface area contributed by atoms with Crippen LogP contribution in [0.15, 0.2) is 23.1 Å². The van der Waals surface area contributed by atoms with Crippen LogP contribution < -0.4 is 5.56 Å². The first-order chi connectivity index (χ1) is 10.1. The number of amides is 1. The second-order valence-corrected chi connectivity index (χ2v) is 5.64. The molecule has 21 heavy (non-hydrogen) atoms. The SMILES string of the molecule is COCC[C@]1(CO)CCCN(C(=O)c2ccc[nH]c2=O)C1. The first kappa shape index (κ1) is 15.7. The number of ether oxygens (including phenoxy) is 1. The number of nitrogens with zero attached hydrogens (tertiary/aromatic N) is 1. The van der Waals surface area contributed by atoms with Crippen molar-refractivity contribution in [3.8, 4) is 0 Å². The predicted molar refractivity (Wildman–Crippen MR) is 78.2 cm³/mol. The fourth-order valence-corrected chi connectivity index (χ4v) is 2.87. The number of carbonyl (C=O) groups is 1. The van der Waals surface area contributed by atoms with Gasteiger partial charge in [-0.2, -0.15) is 0 Å². The number of hydrogen-bond donors (Lipinski definition) is 2. The van der Waals surface area contributed by atoms with Gasteiger partial charge >= 0.3 is 0 Å². The minimum Gasteiger partial charge on any atom is -0.396 e. The van der Waals surface area contributed by atoms with Gasteiger partial charge in [-0.05, 0) is 31.4 Å². The van der Waals surface area contributed by atoms with E-state index in [4.69, 9.17) is 4.74 Å². The van der Waals surface area contributed by atoms with Crippen LogP contribution >= 0.6 is 0 Å². The Balaban J connectivity index is 2.15. The summed E-state index contributed by atoms with van der Waals surface area (Å²) in [6.45, 7) is 1.64. The Hall–Kier alpha value is -1.66. The van der Waals surface area contributed by atoms with Crippen LogP contribution in [-0.4, -0.2) is 54.3 Å². The summed E-state index contributed by atoms with van der Waals surface area (Å²) in [6.07, 6.45) is 3.89. The Morgan fingerprint density at radius 2 is 2.38 bits per heavy atom. The number of aliphatic hydroxyl groups is 1. The van der Waals surface area contributed by atoms with Gasteiger partial charge in [-0.15, -0.1) is 0 Å². The van der Waals surface area contributed by atoms with E-state index in [0.29, 0.717) is 26.1 Å². The number of rotatable bonds is 5. The van der Waals surface area contributed by atoms with E-state index >= 15 is 0 Å². The van der Waals surface area contributed by atoms with Gasteiger partial charge < -0.3 is 19.7 Å². The highest BCUT2D eigenvalue weighted by atomic mass is 16.5. The van der Waals surface area contributed by atoms with Gasteiger partial charge in [0.2, 0.25) is 0 Å². The first-order valence-corrected chi connectivity index (χ1v) is 7.19. The Morgan fingerprint density at radius 3 is 3.05 bits per heavy atom. The molecule has 0 unspecified atom stereocenters. The van der Waals surface area contributed by atoms with Crippen molar-refractivity contribution < 1.29 is 14.6 Å². The number of aromatic nitrogens is 1. The van der Waals surface area contributed by atoms with Crippen LogP contribution in [0, 0.1) is 5.41 Å². The summed E-state index contributed by atoms with van der Waals surface area (Å²) < 4.78 is 5.10. The summed E-state index contributed by atoms with van der Waals surface area (Å²) in [7, 11) is 1.63. The van der Waals surface area contributed by atoms with E-state index < -0.39 is 0 Å². The van der Waals surface area contributed by atoms with E-state index in [9.17, 15) is 14.7 Å². The molecule has 2 N–H and O–H groups in total. The van der Waals surface area contributed by atoms with E-state index in [1.165, 1.54) is 12.3 Å². The molecule has 1 aliphatic heterocycles. The molecule has 6 heteroatoms. The van der Waals surface area contributed by atoms with Crippen LogP contribution in [0.4, 0.5) is 0 Å². The van der Waals surface area contributed by atoms with Crippen molar-refractivity contribution in [3.05, 3.63) is 34.2 Å². The van der Waals surface area contributed by atoms with Crippen molar-refractivity contribution in [2.75, 3.05) is 33.4 Å². The van der Waals surface area contributed by atoms with Crippen LogP contribution in [0.25, 0.3) is 0 Å². The average molecular weight is 294 g/mol. The molecule has 116 valence electrons. The molecular formula is C15H22N2O4. The van der Waals surface area contributed by atoms with Crippen molar-refractivity contribution in [2.45, 2.75) is 19.3 Å². The standard InChI is InChI=1S/C15H22N2O4/c1-21-9-6-15(11-18)5-3-8-17(10-15)14(20)12-4-2-7-16-13(12)19/h2,4,7,18H,3,5-6,8-11H2,1H3,(H,16,19)/t15-/m1/s1. The van der Waals surface area contributed by atoms with Crippen LogP contribution in [0.3, 0.4) is 0 Å². The third kappa shape index (κ3) is 3.51. The molecule has 2 rings (SSSR count). The van der Waals surface area contributed by atoms with Crippen LogP contribution in [0.1, 0.15) is 29.6 Å². The Morgan fingerprint density at radius 1 is 1.57 bits per heavy atom. The topological polar surface area (TPSA) is 82.6 Å². The molecular weight excluding hydrogens is 272 g/mol. The van der Waals surface area contributed by atoms with Gasteiger partial charge in [-0.1, -0.05) is 0 Å². The molecule has 0 aromatic carbocycles. The third-order valence-electron chi connectivity index (χ3n) is 4.17. The number of methoxy groups -OCH3 is 1. The lowest BCUT2D eigenvalue weighted by atomic mass is 9.78. The summed E-state index contributed by atoms with van der Waals surface area (Å²) in [6, 6.07) is 3.17. The van der Waals surface area contributed by atoms with E-state index in [1.807, 2.05) is 0 Å². The van der Waals surface area contributed by atoms with Gasteiger partial charge in [0.25, 0.3) is 11.5 Å². The fraction of sp³-hybridized carbons (Fsp3) is 0.600. The summed E-state index contributed by atoms with van der Waals surface area (Å²) in [5, 5.41) is 9.73. The number of likely N-dealkylation sites (tertiary alicyclic amines) is 1. The minimum absolute atomic E-state index is 0.0191. The lowest BCUT2D eigenvalue weighted by molar-refractivity contribution is 0.00891. The molecule has 0 spiro atoms. The normalized spacial score (nSPS) is 22.3. The zero-order chi connectivity index (χ0) is 15.3. The monoisotopic (exact) mass is 294 g/mol. The van der Waals surface area contributed by atoms with Crippen LogP contribution in [-0.2, 0) is 4.74 Å². The number of nitrogens with one attached hydrogen (secondary N) is 1. The lowest BCUT2D eigenvalue weighted by Gasteiger charge is -2.41. The van der Waals surface area contributed by atoms with E-state index in [0.717, 1.165) is 12.8 Å². The van der Waals surface area contributed by atoms with Crippen molar-refractivity contribution in [1.29, 1.82) is 0 Å². The smallest absolute Gasteiger partial charge is 0.260 e. The molecule has 1 atom stereocenters. The highest BCUT2D eigenvalue weighted by Crippen LogP contribution is 2.33. The van der Waals surface area contributed by atoms with Gasteiger partial charge in [-0.3, -0.25) is 9.59 Å². The molecule has 0 bridgehead atoms. The maximum Gasteiger partial charge on any atom is 0.260 e. The maximum absolute atomic E-state index is 12.5. The molecule has 1 amide bonds. The Kier molecular flexibility index (Phi) is 5.14. The summed E-state index contributed by atoms with van der Waals surface area (Å²) in [5.74, 6) is -0.271. The van der Waals surface area contributed by atoms with Crippen molar-refractivity contribution in [2.24, 2.45) is 5.41 Å². The number of carbonyl (C=O) groups excluding carboxylic acids is 1. The van der Waals surface area contributed by atoms with Crippen molar-refractivity contribution in [3.63, 3.8) is 0 Å². The molecule has 0 saturated carbocycles. The van der Waals surface area contributed by atoms with Crippen molar-refractivity contribution >= 4 is 5.91 Å². The lowest BCUT2D eigenvalue weighted by Crippen LogP contribution is -2.49. The molecule has 1 saturated heterocycles. The van der Waals surface area contributed by atoms with Crippen molar-refractivity contribution in [1.82, 2.24) is 9.88 Å². The molecule has 6 nitrogen and oxygen atoms in total. The molecule has 1 fully saturated rings. The van der Waals surface area contributed by atoms with Crippen LogP contribution in [0.5, 0.6) is 0 Å². The molecule has 1 aromatic rings. The summed E-state index contributed by atoms with van der Waals surface area (Å²) >= 11 is 0. The van der Waals surface area contributed by atoms with E-state index in [1.54, 1.807) is 18.1 Å². The third-order valence-corrected chi connectivity index (χ3v) is 4.17. The zero-order valence-corrected chi connectivity index (χ0v) is 12.3. The quantitative estimate of drug-likeness (QED) is 0.834. The molecule has 2 heterocycles. The van der Waals surface area contributed by atoms with Gasteiger partial charge in [-0.25, -0.2) is 0 Å². The fourth-order valence-electron chi connectivity index (χ4n) is 2.87. The number of aromatic amines is 1. The second-order valence-electron chi connectivity index (χ2n) is 5.64. The number of H-pyrrole nitrogens is 1. The highest BCUT2D eigenvalue weighted by Gasteiger charge is 2.37. The number of piperidine rings is 1. The number of hydrogen-bond acceptors (Lipinski definition) is 4. The number of aliphatic hydroxyl groups excluding tert-OH is 1. The highest BCUT2D eigenvalue weighted by molar-refractivity contribution is 5.93. The Bertz CT molecular complexity index is 542. The van der Waals surface area contributed by atoms with E-state index in [-0.39, 0.29) is 29.1 Å². The Labute approximate surface area is 123 Å². The minimum atomic E-state index is -0.375. The predicted octanol–water partition coefficient (Wildman–Crippen LogP) is 0.626. The average Bonchev–Trinajstić information content (AvgIpc) is 2.53. The molecule has 1 aromatic heterocycles. The second kappa shape index (κ2) is 6.87. The number of pyridine rings is 1. The molecule has 0 aliphatic carbocycles. The van der Waals surface area contributed by atoms with Gasteiger partial charge in [0.05, 0.1) is 6.61 Å².